The summed E-state index contributed by atoms with van der Waals surface area (Å²) in [4.78, 5) is 0. The van der Waals surface area contributed by atoms with Crippen molar-refractivity contribution in [3.8, 4) is 17.2 Å². The molecule has 4 heteroatoms. The second kappa shape index (κ2) is 4.72. The third-order valence-corrected chi connectivity index (χ3v) is 3.64. The highest BCUT2D eigenvalue weighted by Gasteiger charge is 2.31. The summed E-state index contributed by atoms with van der Waals surface area (Å²) >= 11 is 0. The lowest BCUT2D eigenvalue weighted by Gasteiger charge is -2.32. The maximum atomic E-state index is 10.3. The summed E-state index contributed by atoms with van der Waals surface area (Å²) in [5, 5.41) is 29.2. The van der Waals surface area contributed by atoms with Gasteiger partial charge in [-0.1, -0.05) is 24.3 Å². The molecule has 2 aromatic carbocycles. The number of phenols is 2. The van der Waals surface area contributed by atoms with E-state index >= 15 is 0 Å². The van der Waals surface area contributed by atoms with Crippen molar-refractivity contribution in [1.82, 2.24) is 0 Å². The van der Waals surface area contributed by atoms with Crippen LogP contribution in [-0.2, 0) is 6.42 Å². The lowest BCUT2D eigenvalue weighted by Crippen LogP contribution is -2.30. The first-order valence-electron chi connectivity index (χ1n) is 6.51. The third kappa shape index (κ3) is 2.08. The maximum absolute atomic E-state index is 10.3. The molecule has 0 aromatic heterocycles. The Hall–Kier alpha value is -2.20. The molecule has 104 valence electrons. The summed E-state index contributed by atoms with van der Waals surface area (Å²) in [6, 6.07) is 10.3. The van der Waals surface area contributed by atoms with Gasteiger partial charge in [-0.2, -0.15) is 0 Å². The van der Waals surface area contributed by atoms with E-state index in [-0.39, 0.29) is 11.5 Å². The molecule has 0 saturated carbocycles. The minimum absolute atomic E-state index is 0.185. The van der Waals surface area contributed by atoms with Gasteiger partial charge in [0.15, 0.2) is 11.5 Å². The largest absolute Gasteiger partial charge is 0.504 e. The number of aliphatic hydroxyl groups excluding tert-OH is 1. The molecule has 0 spiro atoms. The van der Waals surface area contributed by atoms with Gasteiger partial charge in [0, 0.05) is 6.42 Å². The minimum atomic E-state index is -0.687. The zero-order valence-corrected chi connectivity index (χ0v) is 11.1. The number of aromatic hydroxyl groups is 2. The van der Waals surface area contributed by atoms with Gasteiger partial charge in [0.05, 0.1) is 6.10 Å². The molecule has 2 aromatic rings. The van der Waals surface area contributed by atoms with Crippen LogP contribution >= 0.6 is 0 Å². The minimum Gasteiger partial charge on any atom is -0.504 e. The second-order valence-corrected chi connectivity index (χ2v) is 5.12. The van der Waals surface area contributed by atoms with Gasteiger partial charge in [-0.25, -0.2) is 0 Å². The summed E-state index contributed by atoms with van der Waals surface area (Å²) in [5.74, 6) is 0.389. The number of hydrogen-bond donors (Lipinski definition) is 3. The lowest BCUT2D eigenvalue weighted by atomic mass is 9.93. The van der Waals surface area contributed by atoms with Gasteiger partial charge in [-0.3, -0.25) is 0 Å². The van der Waals surface area contributed by atoms with Crippen LogP contribution in [0.3, 0.4) is 0 Å². The molecule has 0 radical (unpaired) electrons. The maximum Gasteiger partial charge on any atom is 0.157 e. The molecule has 0 amide bonds. The molecule has 2 atom stereocenters. The van der Waals surface area contributed by atoms with Gasteiger partial charge in [-0.15, -0.1) is 0 Å². The number of aliphatic hydroxyl groups is 1. The van der Waals surface area contributed by atoms with Crippen LogP contribution in [0.25, 0.3) is 0 Å². The van der Waals surface area contributed by atoms with Crippen LogP contribution in [-0.4, -0.2) is 21.4 Å². The zero-order valence-electron chi connectivity index (χ0n) is 11.1. The highest BCUT2D eigenvalue weighted by Crippen LogP contribution is 2.39. The van der Waals surface area contributed by atoms with Gasteiger partial charge in [0.1, 0.15) is 11.9 Å². The Balaban J connectivity index is 1.99. The van der Waals surface area contributed by atoms with Gasteiger partial charge < -0.3 is 20.1 Å². The molecule has 0 bridgehead atoms. The predicted octanol–water partition coefficient (Wildman–Crippen LogP) is 2.44. The molecule has 20 heavy (non-hydrogen) atoms. The average molecular weight is 272 g/mol. The van der Waals surface area contributed by atoms with E-state index in [2.05, 4.69) is 0 Å². The van der Waals surface area contributed by atoms with E-state index in [0.29, 0.717) is 12.0 Å². The fourth-order valence-corrected chi connectivity index (χ4v) is 2.59. The highest BCUT2D eigenvalue weighted by molar-refractivity contribution is 5.46. The number of ether oxygens (including phenoxy) is 1. The molecular formula is C16H16O4. The number of phenolic OH excluding ortho intramolecular Hbond substituents is 2. The summed E-state index contributed by atoms with van der Waals surface area (Å²) in [5.41, 5.74) is 2.64. The highest BCUT2D eigenvalue weighted by atomic mass is 16.5. The molecule has 4 nitrogen and oxygen atoms in total. The van der Waals surface area contributed by atoms with Crippen LogP contribution in [0.4, 0.5) is 0 Å². The van der Waals surface area contributed by atoms with E-state index in [0.717, 1.165) is 16.9 Å². The molecule has 1 aliphatic heterocycles. The van der Waals surface area contributed by atoms with Gasteiger partial charge in [0.25, 0.3) is 0 Å². The lowest BCUT2D eigenvalue weighted by molar-refractivity contribution is 0.0202. The Bertz CT molecular complexity index is 651. The van der Waals surface area contributed by atoms with Crippen LogP contribution in [0.1, 0.15) is 22.8 Å². The van der Waals surface area contributed by atoms with E-state index < -0.39 is 12.2 Å². The quantitative estimate of drug-likeness (QED) is 0.697. The molecular weight excluding hydrogens is 256 g/mol. The first-order valence-corrected chi connectivity index (χ1v) is 6.51. The van der Waals surface area contributed by atoms with Crippen LogP contribution in [0.15, 0.2) is 36.4 Å². The third-order valence-electron chi connectivity index (χ3n) is 3.64. The smallest absolute Gasteiger partial charge is 0.157 e. The zero-order chi connectivity index (χ0) is 14.3. The number of para-hydroxylation sites is 1. The standard InChI is InChI=1S/C16H16O4/c1-9-3-2-4-10-8-14(19)16(20-15(9)10)11-5-6-12(17)13(18)7-11/h2-7,14,16-19H,8H2,1H3. The molecule has 0 fully saturated rings. The molecule has 1 heterocycles. The van der Waals surface area contributed by atoms with E-state index in [4.69, 9.17) is 4.74 Å². The summed E-state index contributed by atoms with van der Waals surface area (Å²) in [6.45, 7) is 1.96. The fourth-order valence-electron chi connectivity index (χ4n) is 2.59. The Morgan fingerprint density at radius 3 is 2.65 bits per heavy atom. The summed E-state index contributed by atoms with van der Waals surface area (Å²) in [6.07, 6.45) is -0.730. The fraction of sp³-hybridized carbons (Fsp3) is 0.250. The SMILES string of the molecule is Cc1cccc2c1OC(c1ccc(O)c(O)c1)C(O)C2. The topological polar surface area (TPSA) is 69.9 Å². The van der Waals surface area contributed by atoms with Crippen LogP contribution in [0, 0.1) is 6.92 Å². The van der Waals surface area contributed by atoms with Crippen molar-refractivity contribution in [2.24, 2.45) is 0 Å². The normalized spacial score (nSPS) is 21.1. The molecule has 2 unspecified atom stereocenters. The number of rotatable bonds is 1. The van der Waals surface area contributed by atoms with Crippen molar-refractivity contribution >= 4 is 0 Å². The summed E-state index contributed by atoms with van der Waals surface area (Å²) in [7, 11) is 0. The first kappa shape index (κ1) is 12.8. The van der Waals surface area contributed by atoms with E-state index in [1.54, 1.807) is 6.07 Å². The van der Waals surface area contributed by atoms with Crippen molar-refractivity contribution in [1.29, 1.82) is 0 Å². The monoisotopic (exact) mass is 272 g/mol. The molecule has 0 aliphatic carbocycles. The Kier molecular flexibility index (Phi) is 3.03. The predicted molar refractivity (Wildman–Crippen MR) is 74.0 cm³/mol. The van der Waals surface area contributed by atoms with E-state index in [9.17, 15) is 15.3 Å². The van der Waals surface area contributed by atoms with Crippen LogP contribution in [0.2, 0.25) is 0 Å². The van der Waals surface area contributed by atoms with Crippen molar-refractivity contribution < 1.29 is 20.1 Å². The van der Waals surface area contributed by atoms with Crippen molar-refractivity contribution in [2.75, 3.05) is 0 Å². The number of fused-ring (bicyclic) bond motifs is 1. The van der Waals surface area contributed by atoms with Crippen LogP contribution < -0.4 is 4.74 Å². The van der Waals surface area contributed by atoms with E-state index in [1.165, 1.54) is 12.1 Å². The molecule has 1 aliphatic rings. The molecule has 3 N–H and O–H groups in total. The van der Waals surface area contributed by atoms with Crippen molar-refractivity contribution in [3.63, 3.8) is 0 Å². The number of hydrogen-bond acceptors (Lipinski definition) is 4. The van der Waals surface area contributed by atoms with Crippen molar-refractivity contribution in [2.45, 2.75) is 25.6 Å². The second-order valence-electron chi connectivity index (χ2n) is 5.12. The molecule has 0 saturated heterocycles. The summed E-state index contributed by atoms with van der Waals surface area (Å²) < 4.78 is 5.91. The Labute approximate surface area is 116 Å². The first-order chi connectivity index (χ1) is 9.56. The Morgan fingerprint density at radius 1 is 1.10 bits per heavy atom. The van der Waals surface area contributed by atoms with Gasteiger partial charge >= 0.3 is 0 Å². The van der Waals surface area contributed by atoms with Crippen LogP contribution in [0.5, 0.6) is 17.2 Å². The van der Waals surface area contributed by atoms with E-state index in [1.807, 2.05) is 25.1 Å². The number of aryl methyl sites for hydroxylation is 1. The average Bonchev–Trinajstić information content (AvgIpc) is 2.42. The van der Waals surface area contributed by atoms with Gasteiger partial charge in [0.2, 0.25) is 0 Å². The Morgan fingerprint density at radius 2 is 1.90 bits per heavy atom. The number of benzene rings is 2. The molecule has 3 rings (SSSR count). The van der Waals surface area contributed by atoms with Gasteiger partial charge in [-0.05, 0) is 35.7 Å². The van der Waals surface area contributed by atoms with Crippen molar-refractivity contribution in [3.05, 3.63) is 53.1 Å².